The first-order valence-corrected chi connectivity index (χ1v) is 8.80. The van der Waals surface area contributed by atoms with Crippen LogP contribution in [0.3, 0.4) is 0 Å². The first-order valence-electron chi connectivity index (χ1n) is 7.27. The van der Waals surface area contributed by atoms with Crippen LogP contribution >= 0.6 is 23.4 Å². The van der Waals surface area contributed by atoms with E-state index in [9.17, 15) is 14.0 Å². The Morgan fingerprint density at radius 3 is 2.80 bits per heavy atom. The van der Waals surface area contributed by atoms with Crippen molar-refractivity contribution in [1.82, 2.24) is 5.16 Å². The number of hydrogen-bond acceptors (Lipinski definition) is 6. The van der Waals surface area contributed by atoms with Crippen LogP contribution in [0.25, 0.3) is 0 Å². The molecule has 1 N–H and O–H groups in total. The SMILES string of the molecule is Cc1noc(C)c1CSCC(=O)OCC(=O)Nc1ccc(F)c(Cl)c1. The first kappa shape index (κ1) is 19.3. The number of benzene rings is 1. The van der Waals surface area contributed by atoms with Crippen molar-refractivity contribution in [2.75, 3.05) is 17.7 Å². The second-order valence-corrected chi connectivity index (χ2v) is 6.53. The molecule has 0 fully saturated rings. The lowest BCUT2D eigenvalue weighted by atomic mass is 10.2. The zero-order valence-corrected chi connectivity index (χ0v) is 15.2. The molecule has 0 aliphatic rings. The average Bonchev–Trinajstić information content (AvgIpc) is 2.88. The van der Waals surface area contributed by atoms with Gasteiger partial charge in [-0.05, 0) is 32.0 Å². The van der Waals surface area contributed by atoms with E-state index < -0.39 is 24.3 Å². The highest BCUT2D eigenvalue weighted by atomic mass is 35.5. The number of halogens is 2. The lowest BCUT2D eigenvalue weighted by Crippen LogP contribution is -2.21. The summed E-state index contributed by atoms with van der Waals surface area (Å²) in [6.45, 7) is 3.21. The number of aromatic nitrogens is 1. The van der Waals surface area contributed by atoms with Crippen LogP contribution in [0.2, 0.25) is 5.02 Å². The Bertz CT molecular complexity index is 762. The number of rotatable bonds is 7. The number of aryl methyl sites for hydroxylation is 2. The van der Waals surface area contributed by atoms with Gasteiger partial charge in [0.2, 0.25) is 0 Å². The van der Waals surface area contributed by atoms with Gasteiger partial charge in [-0.15, -0.1) is 11.8 Å². The van der Waals surface area contributed by atoms with Crippen molar-refractivity contribution >= 4 is 40.9 Å². The third-order valence-corrected chi connectivity index (χ3v) is 4.44. The molecule has 0 bridgehead atoms. The fourth-order valence-electron chi connectivity index (χ4n) is 1.90. The second kappa shape index (κ2) is 8.87. The molecule has 0 aliphatic carbocycles. The van der Waals surface area contributed by atoms with E-state index >= 15 is 0 Å². The average molecular weight is 387 g/mol. The van der Waals surface area contributed by atoms with Crippen LogP contribution < -0.4 is 5.32 Å². The fourth-order valence-corrected chi connectivity index (χ4v) is 3.05. The maximum absolute atomic E-state index is 13.0. The van der Waals surface area contributed by atoms with Crippen LogP contribution in [0.15, 0.2) is 22.7 Å². The van der Waals surface area contributed by atoms with Crippen LogP contribution in [-0.4, -0.2) is 29.4 Å². The highest BCUT2D eigenvalue weighted by Crippen LogP contribution is 2.20. The third kappa shape index (κ3) is 5.75. The summed E-state index contributed by atoms with van der Waals surface area (Å²) in [5, 5.41) is 6.19. The summed E-state index contributed by atoms with van der Waals surface area (Å²) in [5.41, 5.74) is 2.06. The van der Waals surface area contributed by atoms with Gasteiger partial charge in [0, 0.05) is 17.0 Å². The summed E-state index contributed by atoms with van der Waals surface area (Å²) in [6.07, 6.45) is 0. The Kier molecular flexibility index (Phi) is 6.83. The number of carbonyl (C=O) groups is 2. The van der Waals surface area contributed by atoms with Gasteiger partial charge in [-0.3, -0.25) is 9.59 Å². The van der Waals surface area contributed by atoms with Crippen LogP contribution in [0, 0.1) is 19.7 Å². The minimum absolute atomic E-state index is 0.0969. The van der Waals surface area contributed by atoms with Gasteiger partial charge in [-0.25, -0.2) is 4.39 Å². The summed E-state index contributed by atoms with van der Waals surface area (Å²) in [6, 6.07) is 3.77. The topological polar surface area (TPSA) is 81.4 Å². The largest absolute Gasteiger partial charge is 0.455 e. The third-order valence-electron chi connectivity index (χ3n) is 3.22. The minimum atomic E-state index is -0.582. The summed E-state index contributed by atoms with van der Waals surface area (Å²) in [7, 11) is 0. The van der Waals surface area contributed by atoms with Gasteiger partial charge in [0.1, 0.15) is 11.6 Å². The number of nitrogens with one attached hydrogen (secondary N) is 1. The van der Waals surface area contributed by atoms with E-state index in [1.165, 1.54) is 23.9 Å². The van der Waals surface area contributed by atoms with Crippen LogP contribution in [-0.2, 0) is 20.1 Å². The van der Waals surface area contributed by atoms with Crippen LogP contribution in [0.1, 0.15) is 17.0 Å². The summed E-state index contributed by atoms with van der Waals surface area (Å²) < 4.78 is 23.0. The van der Waals surface area contributed by atoms with E-state index in [-0.39, 0.29) is 10.8 Å². The molecule has 1 heterocycles. The molecule has 0 aliphatic heterocycles. The van der Waals surface area contributed by atoms with Gasteiger partial charge in [0.25, 0.3) is 5.91 Å². The summed E-state index contributed by atoms with van der Waals surface area (Å²) in [4.78, 5) is 23.4. The maximum Gasteiger partial charge on any atom is 0.316 e. The smallest absolute Gasteiger partial charge is 0.316 e. The Morgan fingerprint density at radius 2 is 2.16 bits per heavy atom. The number of ether oxygens (including phenoxy) is 1. The van der Waals surface area contributed by atoms with Gasteiger partial charge in [0.05, 0.1) is 16.5 Å². The molecule has 0 saturated carbocycles. The monoisotopic (exact) mass is 386 g/mol. The van der Waals surface area contributed by atoms with Gasteiger partial charge in [0.15, 0.2) is 6.61 Å². The summed E-state index contributed by atoms with van der Waals surface area (Å²) >= 11 is 6.96. The number of anilines is 1. The van der Waals surface area contributed by atoms with Crippen molar-refractivity contribution in [2.45, 2.75) is 19.6 Å². The molecule has 0 atom stereocenters. The van der Waals surface area contributed by atoms with Crippen molar-refractivity contribution < 1.29 is 23.2 Å². The molecule has 134 valence electrons. The zero-order chi connectivity index (χ0) is 18.4. The number of hydrogen-bond donors (Lipinski definition) is 1. The second-order valence-electron chi connectivity index (χ2n) is 5.13. The van der Waals surface area contributed by atoms with Gasteiger partial charge < -0.3 is 14.6 Å². The van der Waals surface area contributed by atoms with Crippen molar-refractivity contribution in [3.8, 4) is 0 Å². The maximum atomic E-state index is 13.0. The zero-order valence-electron chi connectivity index (χ0n) is 13.6. The molecule has 1 aromatic carbocycles. The van der Waals surface area contributed by atoms with E-state index in [0.717, 1.165) is 23.1 Å². The van der Waals surface area contributed by atoms with E-state index in [1.807, 2.05) is 6.92 Å². The Hall–Kier alpha value is -2.06. The molecule has 2 aromatic rings. The highest BCUT2D eigenvalue weighted by molar-refractivity contribution is 7.99. The van der Waals surface area contributed by atoms with Crippen LogP contribution in [0.5, 0.6) is 0 Å². The molecule has 0 saturated heterocycles. The molecule has 1 aromatic heterocycles. The predicted molar refractivity (Wildman–Crippen MR) is 93.1 cm³/mol. The quantitative estimate of drug-likeness (QED) is 0.733. The van der Waals surface area contributed by atoms with E-state index in [0.29, 0.717) is 11.4 Å². The van der Waals surface area contributed by atoms with Crippen molar-refractivity contribution in [3.05, 3.63) is 46.1 Å². The lowest BCUT2D eigenvalue weighted by Gasteiger charge is -2.07. The molecule has 1 amide bonds. The molecule has 0 unspecified atom stereocenters. The standard InChI is InChI=1S/C16H16ClFN2O4S/c1-9-12(10(2)24-20-9)7-25-8-16(22)23-6-15(21)19-11-3-4-14(18)13(17)5-11/h3-5H,6-8H2,1-2H3,(H,19,21). The number of carbonyl (C=O) groups excluding carboxylic acids is 2. The highest BCUT2D eigenvalue weighted by Gasteiger charge is 2.12. The fraction of sp³-hybridized carbons (Fsp3) is 0.312. The van der Waals surface area contributed by atoms with E-state index in [1.54, 1.807) is 6.92 Å². The Morgan fingerprint density at radius 1 is 1.40 bits per heavy atom. The minimum Gasteiger partial charge on any atom is -0.455 e. The molecule has 2 rings (SSSR count). The molecule has 0 spiro atoms. The molecular formula is C16H16ClFN2O4S. The molecule has 9 heteroatoms. The van der Waals surface area contributed by atoms with E-state index in [2.05, 4.69) is 10.5 Å². The van der Waals surface area contributed by atoms with Crippen molar-refractivity contribution in [1.29, 1.82) is 0 Å². The van der Waals surface area contributed by atoms with Gasteiger partial charge in [-0.1, -0.05) is 16.8 Å². The molecule has 25 heavy (non-hydrogen) atoms. The molecule has 6 nitrogen and oxygen atoms in total. The normalized spacial score (nSPS) is 10.6. The number of nitrogens with zero attached hydrogens (tertiary/aromatic N) is 1. The lowest BCUT2D eigenvalue weighted by molar-refractivity contribution is -0.144. The summed E-state index contributed by atoms with van der Waals surface area (Å²) in [5.74, 6) is -0.246. The first-order chi connectivity index (χ1) is 11.9. The Balaban J connectivity index is 1.70. The Labute approximate surface area is 153 Å². The molecular weight excluding hydrogens is 371 g/mol. The van der Waals surface area contributed by atoms with Crippen molar-refractivity contribution in [2.24, 2.45) is 0 Å². The number of amides is 1. The van der Waals surface area contributed by atoms with Gasteiger partial charge in [-0.2, -0.15) is 0 Å². The number of esters is 1. The predicted octanol–water partition coefficient (Wildman–Crippen LogP) is 3.50. The van der Waals surface area contributed by atoms with Gasteiger partial charge >= 0.3 is 5.97 Å². The van der Waals surface area contributed by atoms with Crippen LogP contribution in [0.4, 0.5) is 10.1 Å². The van der Waals surface area contributed by atoms with E-state index in [4.69, 9.17) is 20.9 Å². The number of thioether (sulfide) groups is 1. The van der Waals surface area contributed by atoms with Crippen molar-refractivity contribution in [3.63, 3.8) is 0 Å². The molecule has 0 radical (unpaired) electrons.